The summed E-state index contributed by atoms with van der Waals surface area (Å²) in [7, 11) is -7.31. The zero-order valence-electron chi connectivity index (χ0n) is 24.3. The van der Waals surface area contributed by atoms with Crippen LogP contribution < -0.4 is 14.8 Å². The van der Waals surface area contributed by atoms with Gasteiger partial charge in [0.25, 0.3) is 0 Å². The van der Waals surface area contributed by atoms with Crippen molar-refractivity contribution in [2.75, 3.05) is 39.4 Å². The van der Waals surface area contributed by atoms with Gasteiger partial charge in [-0.15, -0.1) is 0 Å². The predicted molar refractivity (Wildman–Crippen MR) is 160 cm³/mol. The number of aliphatic hydroxyl groups excluding tert-OH is 1. The first kappa shape index (κ1) is 31.6. The van der Waals surface area contributed by atoms with Crippen molar-refractivity contribution in [2.24, 2.45) is 0 Å². The Kier molecular flexibility index (Phi) is 9.56. The van der Waals surface area contributed by atoms with Crippen molar-refractivity contribution in [1.82, 2.24) is 24.1 Å². The molecule has 0 bridgehead atoms. The molecule has 3 heterocycles. The number of hydrogen-bond donors (Lipinski definition) is 3. The number of aliphatic hydroxyl groups is 1. The van der Waals surface area contributed by atoms with Crippen LogP contribution in [0.4, 0.5) is 0 Å². The van der Waals surface area contributed by atoms with Crippen molar-refractivity contribution >= 4 is 20.0 Å². The molecule has 2 unspecified atom stereocenters. The molecular formula is C29H39N5O7S2. The fraction of sp³-hybridized carbons (Fsp3) is 0.483. The predicted octanol–water partition coefficient (Wildman–Crippen LogP) is 1.82. The number of nitrogens with zero attached hydrogens (tertiary/aromatic N) is 3. The largest absolute Gasteiger partial charge is 0.491 e. The summed E-state index contributed by atoms with van der Waals surface area (Å²) in [5.41, 5.74) is 0.965. The standard InChI is InChI=1S/C29H39N5O7S2/c1-3-32-42(36,37)27-11-7-10-26(16-27)40-21-25(35)18-30-23-17-29(41-20-23)12-14-33(15-13-29)43(38,39)28-19-31-34(22(28)2)24-8-5-4-6-9-24/h4-11,16,19,23,25,30,32,35H,3,12-15,17-18,20-21H2,1-2H3. The second-order valence-electron chi connectivity index (χ2n) is 11.0. The molecule has 3 N–H and O–H groups in total. The maximum Gasteiger partial charge on any atom is 0.246 e. The van der Waals surface area contributed by atoms with Gasteiger partial charge in [-0.05, 0) is 50.5 Å². The number of sulfonamides is 2. The van der Waals surface area contributed by atoms with Crippen LogP contribution in [0.15, 0.2) is 70.6 Å². The average molecular weight is 634 g/mol. The van der Waals surface area contributed by atoms with E-state index in [0.717, 1.165) is 5.69 Å². The summed E-state index contributed by atoms with van der Waals surface area (Å²) in [6.45, 7) is 5.18. The molecule has 3 aromatic rings. The molecule has 234 valence electrons. The van der Waals surface area contributed by atoms with Crippen LogP contribution in [-0.2, 0) is 24.8 Å². The zero-order chi connectivity index (χ0) is 30.7. The van der Waals surface area contributed by atoms with E-state index in [2.05, 4.69) is 15.1 Å². The normalized spacial score (nSPS) is 19.9. The van der Waals surface area contributed by atoms with E-state index >= 15 is 0 Å². The summed E-state index contributed by atoms with van der Waals surface area (Å²) < 4.78 is 68.9. The maximum atomic E-state index is 13.5. The van der Waals surface area contributed by atoms with Gasteiger partial charge >= 0.3 is 0 Å². The lowest BCUT2D eigenvalue weighted by atomic mass is 9.88. The van der Waals surface area contributed by atoms with E-state index in [1.54, 1.807) is 30.7 Å². The van der Waals surface area contributed by atoms with Crippen LogP contribution in [0.25, 0.3) is 5.69 Å². The lowest BCUT2D eigenvalue weighted by Crippen LogP contribution is -2.47. The highest BCUT2D eigenvalue weighted by Gasteiger charge is 2.45. The van der Waals surface area contributed by atoms with Crippen LogP contribution in [0.1, 0.15) is 31.9 Å². The third-order valence-electron chi connectivity index (χ3n) is 7.96. The first-order valence-electron chi connectivity index (χ1n) is 14.4. The topological polar surface area (TPSA) is 152 Å². The molecule has 43 heavy (non-hydrogen) atoms. The number of ether oxygens (including phenoxy) is 2. The van der Waals surface area contributed by atoms with Crippen LogP contribution >= 0.6 is 0 Å². The zero-order valence-corrected chi connectivity index (χ0v) is 26.0. The van der Waals surface area contributed by atoms with Gasteiger partial charge in [-0.3, -0.25) is 0 Å². The molecule has 2 aliphatic heterocycles. The summed E-state index contributed by atoms with van der Waals surface area (Å²) in [5.74, 6) is 0.352. The van der Waals surface area contributed by atoms with E-state index in [1.165, 1.54) is 22.6 Å². The minimum Gasteiger partial charge on any atom is -0.491 e. The molecule has 2 saturated heterocycles. The van der Waals surface area contributed by atoms with E-state index in [9.17, 15) is 21.9 Å². The number of nitrogens with one attached hydrogen (secondary N) is 2. The van der Waals surface area contributed by atoms with Gasteiger partial charge in [0.15, 0.2) is 0 Å². The van der Waals surface area contributed by atoms with E-state index in [0.29, 0.717) is 50.4 Å². The molecule has 0 aliphatic carbocycles. The third-order valence-corrected chi connectivity index (χ3v) is 11.5. The second-order valence-corrected chi connectivity index (χ2v) is 14.7. The summed E-state index contributed by atoms with van der Waals surface area (Å²) in [5, 5.41) is 18.1. The monoisotopic (exact) mass is 633 g/mol. The van der Waals surface area contributed by atoms with Crippen molar-refractivity contribution in [2.45, 2.75) is 60.6 Å². The Morgan fingerprint density at radius 3 is 2.58 bits per heavy atom. The maximum absolute atomic E-state index is 13.5. The number of benzene rings is 2. The number of hydrogen-bond acceptors (Lipinski definition) is 9. The van der Waals surface area contributed by atoms with Gasteiger partial charge in [-0.25, -0.2) is 26.2 Å². The second kappa shape index (κ2) is 13.0. The van der Waals surface area contributed by atoms with Gasteiger partial charge in [0, 0.05) is 38.3 Å². The van der Waals surface area contributed by atoms with Gasteiger partial charge < -0.3 is 19.9 Å². The van der Waals surface area contributed by atoms with Gasteiger partial charge in [0.2, 0.25) is 20.0 Å². The molecule has 0 amide bonds. The van der Waals surface area contributed by atoms with E-state index in [-0.39, 0.29) is 35.5 Å². The Labute approximate surface area is 253 Å². The summed E-state index contributed by atoms with van der Waals surface area (Å²) in [6, 6.07) is 15.6. The van der Waals surface area contributed by atoms with Crippen molar-refractivity contribution in [3.05, 3.63) is 66.5 Å². The van der Waals surface area contributed by atoms with Crippen molar-refractivity contribution in [3.8, 4) is 11.4 Å². The van der Waals surface area contributed by atoms with Gasteiger partial charge in [-0.1, -0.05) is 31.2 Å². The molecule has 2 atom stereocenters. The Bertz CT molecular complexity index is 1600. The quantitative estimate of drug-likeness (QED) is 0.271. The van der Waals surface area contributed by atoms with E-state index < -0.39 is 31.8 Å². The molecule has 2 aromatic carbocycles. The summed E-state index contributed by atoms with van der Waals surface area (Å²) in [6.07, 6.45) is 2.47. The van der Waals surface area contributed by atoms with E-state index in [4.69, 9.17) is 9.47 Å². The van der Waals surface area contributed by atoms with E-state index in [1.807, 2.05) is 30.3 Å². The minimum absolute atomic E-state index is 0.0104. The average Bonchev–Trinajstić information content (AvgIpc) is 3.59. The van der Waals surface area contributed by atoms with Gasteiger partial charge in [0.1, 0.15) is 23.4 Å². The molecular weight excluding hydrogens is 594 g/mol. The number of para-hydroxylation sites is 1. The Morgan fingerprint density at radius 1 is 1.12 bits per heavy atom. The van der Waals surface area contributed by atoms with Crippen LogP contribution in [0.2, 0.25) is 0 Å². The lowest BCUT2D eigenvalue weighted by molar-refractivity contribution is -0.0312. The first-order valence-corrected chi connectivity index (χ1v) is 17.3. The minimum atomic E-state index is -3.71. The summed E-state index contributed by atoms with van der Waals surface area (Å²) in [4.78, 5) is 0.311. The molecule has 2 aliphatic rings. The Hall–Kier alpha value is -2.85. The molecule has 1 spiro atoms. The van der Waals surface area contributed by atoms with Crippen LogP contribution in [0.3, 0.4) is 0 Å². The Balaban J connectivity index is 1.09. The fourth-order valence-electron chi connectivity index (χ4n) is 5.63. The lowest BCUT2D eigenvalue weighted by Gasteiger charge is -2.38. The first-order chi connectivity index (χ1) is 20.5. The fourth-order valence-corrected chi connectivity index (χ4v) is 8.29. The van der Waals surface area contributed by atoms with Crippen molar-refractivity contribution in [1.29, 1.82) is 0 Å². The smallest absolute Gasteiger partial charge is 0.246 e. The van der Waals surface area contributed by atoms with Gasteiger partial charge in [0.05, 0.1) is 34.7 Å². The third kappa shape index (κ3) is 7.11. The highest BCUT2D eigenvalue weighted by atomic mass is 32.2. The van der Waals surface area contributed by atoms with Gasteiger partial charge in [-0.2, -0.15) is 9.40 Å². The number of rotatable bonds is 12. The highest BCUT2D eigenvalue weighted by molar-refractivity contribution is 7.89. The molecule has 2 fully saturated rings. The van der Waals surface area contributed by atoms with Crippen molar-refractivity contribution < 1.29 is 31.4 Å². The van der Waals surface area contributed by atoms with Crippen LogP contribution in [-0.4, -0.2) is 93.2 Å². The molecule has 1 aromatic heterocycles. The molecule has 12 nitrogen and oxygen atoms in total. The van der Waals surface area contributed by atoms with Crippen molar-refractivity contribution in [3.63, 3.8) is 0 Å². The molecule has 0 saturated carbocycles. The highest BCUT2D eigenvalue weighted by Crippen LogP contribution is 2.37. The molecule has 14 heteroatoms. The molecule has 0 radical (unpaired) electrons. The number of piperidine rings is 1. The van der Waals surface area contributed by atoms with Crippen LogP contribution in [0.5, 0.6) is 5.75 Å². The van der Waals surface area contributed by atoms with Crippen LogP contribution in [0, 0.1) is 6.92 Å². The summed E-state index contributed by atoms with van der Waals surface area (Å²) >= 11 is 0. The Morgan fingerprint density at radius 2 is 1.86 bits per heavy atom. The number of aromatic nitrogens is 2. The molecule has 5 rings (SSSR count). The SMILES string of the molecule is CCNS(=O)(=O)c1cccc(OCC(O)CNC2COC3(CCN(S(=O)(=O)c4cnn(-c5ccccc5)c4C)CC3)C2)c1.